The van der Waals surface area contributed by atoms with Gasteiger partial charge in [-0.1, -0.05) is 0 Å². The molecule has 0 bridgehead atoms. The SMILES string of the molecule is N#CC1(C(=O)N2CCN(c3ncc(C(F)(F)F)cn3)CC2)CN([C@@H]2CCc3c2n[nH]c(=O)c3C(F)(F)F)C1. The van der Waals surface area contributed by atoms with Crippen molar-refractivity contribution < 1.29 is 31.1 Å². The topological polar surface area (TPSA) is 122 Å². The van der Waals surface area contributed by atoms with Crippen molar-refractivity contribution in [3.8, 4) is 6.07 Å². The fourth-order valence-electron chi connectivity index (χ4n) is 5.27. The average Bonchev–Trinajstić information content (AvgIpc) is 3.25. The monoisotopic (exact) mass is 542 g/mol. The minimum absolute atomic E-state index is 0.00315. The van der Waals surface area contributed by atoms with Crippen LogP contribution in [0.4, 0.5) is 32.3 Å². The van der Waals surface area contributed by atoms with Crippen LogP contribution in [0.1, 0.15) is 34.8 Å². The van der Waals surface area contributed by atoms with Crippen molar-refractivity contribution in [2.75, 3.05) is 44.2 Å². The summed E-state index contributed by atoms with van der Waals surface area (Å²) in [4.78, 5) is 37.4. The fourth-order valence-corrected chi connectivity index (χ4v) is 5.27. The molecule has 16 heteroatoms. The zero-order valence-electron chi connectivity index (χ0n) is 19.6. The zero-order chi connectivity index (χ0) is 27.5. The number of H-pyrrole nitrogens is 1. The standard InChI is InChI=1S/C22H20F6N8O2/c23-21(24,25)12-7-30-19(31-8-12)35-5-3-34(4-6-35)18(38)20(9-29)10-36(11-20)14-2-1-13-15(22(26,27)28)17(37)33-32-16(13)14/h7-8,14H,1-6,10-11H2,(H,33,37)/t14-/m1/s1. The van der Waals surface area contributed by atoms with Gasteiger partial charge in [0.2, 0.25) is 11.9 Å². The molecule has 1 amide bonds. The molecule has 1 aliphatic carbocycles. The number of hydrogen-bond donors (Lipinski definition) is 1. The first-order valence-electron chi connectivity index (χ1n) is 11.6. The normalized spacial score (nSPS) is 21.6. The lowest BCUT2D eigenvalue weighted by Gasteiger charge is -2.49. The van der Waals surface area contributed by atoms with Gasteiger partial charge in [-0.2, -0.15) is 36.7 Å². The van der Waals surface area contributed by atoms with E-state index in [0.29, 0.717) is 12.4 Å². The second-order valence-corrected chi connectivity index (χ2v) is 9.49. The Kier molecular flexibility index (Phi) is 6.08. The van der Waals surface area contributed by atoms with E-state index in [1.807, 2.05) is 5.10 Å². The number of aromatic nitrogens is 4. The van der Waals surface area contributed by atoms with Gasteiger partial charge in [0.25, 0.3) is 5.56 Å². The maximum Gasteiger partial charge on any atom is 0.422 e. The molecule has 4 heterocycles. The van der Waals surface area contributed by atoms with Crippen molar-refractivity contribution >= 4 is 11.9 Å². The van der Waals surface area contributed by atoms with Crippen LogP contribution >= 0.6 is 0 Å². The molecular formula is C22H20F6N8O2. The first-order valence-corrected chi connectivity index (χ1v) is 11.6. The lowest BCUT2D eigenvalue weighted by atomic mass is 9.78. The number of nitriles is 1. The summed E-state index contributed by atoms with van der Waals surface area (Å²) in [7, 11) is 0. The Hall–Kier alpha value is -3.74. The average molecular weight is 542 g/mol. The van der Waals surface area contributed by atoms with Gasteiger partial charge in [0, 0.05) is 51.7 Å². The summed E-state index contributed by atoms with van der Waals surface area (Å²) in [5, 5.41) is 15.6. The number of piperazine rings is 1. The minimum atomic E-state index is -4.83. The van der Waals surface area contributed by atoms with Gasteiger partial charge in [-0.15, -0.1) is 0 Å². The number of rotatable bonds is 3. The Balaban J connectivity index is 1.23. The number of likely N-dealkylation sites (tertiary alicyclic amines) is 1. The van der Waals surface area contributed by atoms with E-state index in [1.54, 1.807) is 9.80 Å². The summed E-state index contributed by atoms with van der Waals surface area (Å²) in [6.45, 7) is 0.868. The molecule has 2 aliphatic heterocycles. The predicted octanol–water partition coefficient (Wildman–Crippen LogP) is 1.76. The molecule has 3 aliphatic rings. The van der Waals surface area contributed by atoms with Gasteiger partial charge in [0.1, 0.15) is 5.56 Å². The second kappa shape index (κ2) is 8.93. The Bertz CT molecular complexity index is 1340. The molecule has 0 aromatic carbocycles. The zero-order valence-corrected chi connectivity index (χ0v) is 19.6. The number of fused-ring (bicyclic) bond motifs is 1. The molecule has 2 saturated heterocycles. The number of carbonyl (C=O) groups excluding carboxylic acids is 1. The Morgan fingerprint density at radius 1 is 1.05 bits per heavy atom. The molecule has 10 nitrogen and oxygen atoms in total. The van der Waals surface area contributed by atoms with E-state index in [9.17, 15) is 41.2 Å². The van der Waals surface area contributed by atoms with Crippen molar-refractivity contribution in [2.45, 2.75) is 31.2 Å². The van der Waals surface area contributed by atoms with Crippen molar-refractivity contribution in [1.29, 1.82) is 5.26 Å². The van der Waals surface area contributed by atoms with Crippen LogP contribution < -0.4 is 10.5 Å². The van der Waals surface area contributed by atoms with Crippen LogP contribution in [-0.4, -0.2) is 75.1 Å². The largest absolute Gasteiger partial charge is 0.422 e. The van der Waals surface area contributed by atoms with E-state index in [1.165, 1.54) is 4.90 Å². The second-order valence-electron chi connectivity index (χ2n) is 9.49. The number of alkyl halides is 6. The number of anilines is 1. The molecule has 5 rings (SSSR count). The van der Waals surface area contributed by atoms with E-state index in [2.05, 4.69) is 21.1 Å². The third-order valence-corrected chi connectivity index (χ3v) is 7.21. The van der Waals surface area contributed by atoms with E-state index in [-0.39, 0.29) is 69.3 Å². The molecule has 202 valence electrons. The van der Waals surface area contributed by atoms with Gasteiger partial charge in [-0.25, -0.2) is 15.1 Å². The lowest BCUT2D eigenvalue weighted by molar-refractivity contribution is -0.149. The van der Waals surface area contributed by atoms with Crippen LogP contribution in [0.25, 0.3) is 0 Å². The summed E-state index contributed by atoms with van der Waals surface area (Å²) in [5.41, 5.74) is -4.98. The van der Waals surface area contributed by atoms with E-state index in [4.69, 9.17) is 0 Å². The molecule has 0 radical (unpaired) electrons. The first kappa shape index (κ1) is 25.9. The molecule has 0 unspecified atom stereocenters. The molecule has 2 fully saturated rings. The lowest BCUT2D eigenvalue weighted by Crippen LogP contribution is -2.65. The van der Waals surface area contributed by atoms with Crippen LogP contribution in [0, 0.1) is 16.7 Å². The minimum Gasteiger partial charge on any atom is -0.338 e. The molecule has 2 aromatic heterocycles. The summed E-state index contributed by atoms with van der Waals surface area (Å²) in [6, 6.07) is 1.50. The molecule has 1 atom stereocenters. The highest BCUT2D eigenvalue weighted by Crippen LogP contribution is 2.45. The number of amides is 1. The van der Waals surface area contributed by atoms with Crippen molar-refractivity contribution in [2.24, 2.45) is 5.41 Å². The van der Waals surface area contributed by atoms with Crippen LogP contribution in [0.15, 0.2) is 17.2 Å². The molecule has 38 heavy (non-hydrogen) atoms. The number of hydrogen-bond acceptors (Lipinski definition) is 8. The Morgan fingerprint density at radius 3 is 2.24 bits per heavy atom. The third kappa shape index (κ3) is 4.34. The molecule has 2 aromatic rings. The van der Waals surface area contributed by atoms with Crippen molar-refractivity contribution in [3.05, 3.63) is 45.1 Å². The van der Waals surface area contributed by atoms with Crippen molar-refractivity contribution in [3.63, 3.8) is 0 Å². The van der Waals surface area contributed by atoms with Crippen LogP contribution in [-0.2, 0) is 23.6 Å². The predicted molar refractivity (Wildman–Crippen MR) is 116 cm³/mol. The van der Waals surface area contributed by atoms with Gasteiger partial charge >= 0.3 is 12.4 Å². The first-order chi connectivity index (χ1) is 17.8. The van der Waals surface area contributed by atoms with E-state index < -0.39 is 46.4 Å². The van der Waals surface area contributed by atoms with Gasteiger partial charge in [-0.05, 0) is 18.4 Å². The van der Waals surface area contributed by atoms with Crippen LogP contribution in [0.3, 0.4) is 0 Å². The van der Waals surface area contributed by atoms with Crippen LogP contribution in [0.5, 0.6) is 0 Å². The van der Waals surface area contributed by atoms with Gasteiger partial charge in [0.15, 0.2) is 5.41 Å². The summed E-state index contributed by atoms with van der Waals surface area (Å²) >= 11 is 0. The summed E-state index contributed by atoms with van der Waals surface area (Å²) < 4.78 is 78.4. The quantitative estimate of drug-likeness (QED) is 0.583. The molecule has 1 N–H and O–H groups in total. The Morgan fingerprint density at radius 2 is 1.68 bits per heavy atom. The highest BCUT2D eigenvalue weighted by molar-refractivity contribution is 5.87. The van der Waals surface area contributed by atoms with Crippen LogP contribution in [0.2, 0.25) is 0 Å². The maximum absolute atomic E-state index is 13.4. The number of nitrogens with one attached hydrogen (secondary N) is 1. The number of aromatic amines is 1. The Labute approximate surface area is 210 Å². The van der Waals surface area contributed by atoms with Gasteiger partial charge < -0.3 is 9.80 Å². The number of halogens is 6. The highest BCUT2D eigenvalue weighted by atomic mass is 19.4. The van der Waals surface area contributed by atoms with Gasteiger partial charge in [-0.3, -0.25) is 14.5 Å². The summed E-state index contributed by atoms with van der Waals surface area (Å²) in [6.07, 6.45) is -7.73. The molecule has 0 spiro atoms. The molecule has 0 saturated carbocycles. The summed E-state index contributed by atoms with van der Waals surface area (Å²) in [5.74, 6) is -0.327. The fraction of sp³-hybridized carbons (Fsp3) is 0.545. The maximum atomic E-state index is 13.4. The third-order valence-electron chi connectivity index (χ3n) is 7.21. The number of nitrogens with zero attached hydrogens (tertiary/aromatic N) is 7. The number of carbonyl (C=O) groups is 1. The van der Waals surface area contributed by atoms with Gasteiger partial charge in [0.05, 0.1) is 23.4 Å². The van der Waals surface area contributed by atoms with E-state index >= 15 is 0 Å². The van der Waals surface area contributed by atoms with Crippen molar-refractivity contribution in [1.82, 2.24) is 30.0 Å². The smallest absolute Gasteiger partial charge is 0.338 e. The van der Waals surface area contributed by atoms with E-state index in [0.717, 1.165) is 0 Å². The highest BCUT2D eigenvalue weighted by Gasteiger charge is 2.55. The molecular weight excluding hydrogens is 522 g/mol.